The highest BCUT2D eigenvalue weighted by Crippen LogP contribution is 2.36. The lowest BCUT2D eigenvalue weighted by Crippen LogP contribution is -2.40. The number of hydrogen-bond donors (Lipinski definition) is 0. The van der Waals surface area contributed by atoms with Crippen LogP contribution in [0.1, 0.15) is 27.0 Å². The van der Waals surface area contributed by atoms with Gasteiger partial charge in [-0.15, -0.1) is 5.10 Å². The van der Waals surface area contributed by atoms with Crippen LogP contribution in [0.3, 0.4) is 0 Å². The molecule has 1 aliphatic heterocycles. The van der Waals surface area contributed by atoms with Crippen molar-refractivity contribution in [3.8, 4) is 5.88 Å². The van der Waals surface area contributed by atoms with E-state index in [1.54, 1.807) is 12.1 Å². The molecule has 0 aliphatic carbocycles. The molecular weight excluding hydrogens is 490 g/mol. The summed E-state index contributed by atoms with van der Waals surface area (Å²) in [6.45, 7) is 3.41. The first-order valence-corrected chi connectivity index (χ1v) is 11.1. The largest absolute Gasteiger partial charge is 0.463 e. The smallest absolute Gasteiger partial charge is 0.303 e. The summed E-state index contributed by atoms with van der Waals surface area (Å²) in [7, 11) is 0. The van der Waals surface area contributed by atoms with E-state index in [1.165, 1.54) is 42.8 Å². The molecule has 1 saturated heterocycles. The maximum Gasteiger partial charge on any atom is 0.303 e. The number of rotatable bonds is 7. The quantitative estimate of drug-likeness (QED) is 0.251. The van der Waals surface area contributed by atoms with E-state index in [0.29, 0.717) is 11.0 Å². The molecule has 4 atom stereocenters. The molecular formula is C22H21N7O8. The van der Waals surface area contributed by atoms with Crippen LogP contribution in [0.4, 0.5) is 0 Å². The number of carbonyl (C=O) groups is 3. The lowest BCUT2D eigenvalue weighted by atomic mass is 10.1. The summed E-state index contributed by atoms with van der Waals surface area (Å²) in [6, 6.07) is 7.20. The van der Waals surface area contributed by atoms with Gasteiger partial charge in [0.1, 0.15) is 30.1 Å². The van der Waals surface area contributed by atoms with Gasteiger partial charge in [0.25, 0.3) is 5.88 Å². The number of nitrogens with zero attached hydrogens (tertiary/aromatic N) is 7. The molecule has 0 amide bonds. The Hall–Kier alpha value is -4.66. The van der Waals surface area contributed by atoms with Crippen LogP contribution in [0.5, 0.6) is 5.88 Å². The van der Waals surface area contributed by atoms with Gasteiger partial charge in [0.05, 0.1) is 6.33 Å². The maximum atomic E-state index is 11.9. The fourth-order valence-corrected chi connectivity index (χ4v) is 4.00. The van der Waals surface area contributed by atoms with E-state index in [0.717, 1.165) is 0 Å². The number of hydrogen-bond acceptors (Lipinski definition) is 13. The van der Waals surface area contributed by atoms with Crippen LogP contribution in [0, 0.1) is 0 Å². The highest BCUT2D eigenvalue weighted by molar-refractivity contribution is 5.77. The molecule has 192 valence electrons. The van der Waals surface area contributed by atoms with Crippen molar-refractivity contribution in [2.45, 2.75) is 45.3 Å². The average Bonchev–Trinajstić information content (AvgIpc) is 3.54. The van der Waals surface area contributed by atoms with E-state index in [9.17, 15) is 14.4 Å². The first-order chi connectivity index (χ1) is 17.8. The molecule has 1 fully saturated rings. The molecule has 15 heteroatoms. The molecule has 15 nitrogen and oxygen atoms in total. The Labute approximate surface area is 208 Å². The summed E-state index contributed by atoms with van der Waals surface area (Å²) in [5, 5.41) is 8.03. The SMILES string of the molecule is CC(=O)OC[C@H]1O[C@@H](n2cnc3c(On4nnc5ccccc54)ncnc32)C(OC(C)=O)C1OC(C)=O. The Morgan fingerprint density at radius 2 is 1.73 bits per heavy atom. The number of fused-ring (bicyclic) bond motifs is 2. The van der Waals surface area contributed by atoms with Crippen molar-refractivity contribution in [3.05, 3.63) is 36.9 Å². The van der Waals surface area contributed by atoms with Crippen molar-refractivity contribution in [1.29, 1.82) is 0 Å². The number of ether oxygens (including phenoxy) is 4. The van der Waals surface area contributed by atoms with Gasteiger partial charge in [-0.1, -0.05) is 17.0 Å². The normalized spacial score (nSPS) is 21.2. The van der Waals surface area contributed by atoms with Crippen LogP contribution in [0.2, 0.25) is 0 Å². The van der Waals surface area contributed by atoms with E-state index in [-0.39, 0.29) is 23.7 Å². The molecule has 0 radical (unpaired) electrons. The Morgan fingerprint density at radius 3 is 2.49 bits per heavy atom. The van der Waals surface area contributed by atoms with E-state index in [4.69, 9.17) is 23.8 Å². The van der Waals surface area contributed by atoms with E-state index in [2.05, 4.69) is 25.3 Å². The standard InChI is InChI=1S/C22H21N7O8/c1-11(30)33-8-16-18(34-12(2)31)19(35-13(3)32)22(36-16)28-10-25-17-20(28)23-9-24-21(17)37-29-15-7-5-4-6-14(15)26-27-29/h4-7,9-10,16,18-19,22H,8H2,1-3H3/t16-,18?,19?,22-/m1/s1. The summed E-state index contributed by atoms with van der Waals surface area (Å²) in [6.07, 6.45) is -1.48. The predicted molar refractivity (Wildman–Crippen MR) is 121 cm³/mol. The van der Waals surface area contributed by atoms with Gasteiger partial charge in [0.15, 0.2) is 29.6 Å². The summed E-state index contributed by atoms with van der Waals surface area (Å²) >= 11 is 0. The maximum absolute atomic E-state index is 11.9. The molecule has 4 aromatic rings. The lowest BCUT2D eigenvalue weighted by molar-refractivity contribution is -0.166. The van der Waals surface area contributed by atoms with Gasteiger partial charge in [-0.25, -0.2) is 9.97 Å². The van der Waals surface area contributed by atoms with E-state index < -0.39 is 42.4 Å². The molecule has 5 rings (SSSR count). The second-order valence-electron chi connectivity index (χ2n) is 8.06. The molecule has 37 heavy (non-hydrogen) atoms. The topological polar surface area (TPSA) is 172 Å². The fraction of sp³-hybridized carbons (Fsp3) is 0.364. The number of para-hydroxylation sites is 1. The van der Waals surface area contributed by atoms with Gasteiger partial charge in [-0.05, 0) is 17.3 Å². The third-order valence-electron chi connectivity index (χ3n) is 5.43. The zero-order valence-corrected chi connectivity index (χ0v) is 19.9. The van der Waals surface area contributed by atoms with Crippen molar-refractivity contribution < 1.29 is 38.2 Å². The van der Waals surface area contributed by atoms with E-state index >= 15 is 0 Å². The van der Waals surface area contributed by atoms with Crippen LogP contribution < -0.4 is 4.84 Å². The third-order valence-corrected chi connectivity index (χ3v) is 5.43. The van der Waals surface area contributed by atoms with Crippen LogP contribution in [-0.4, -0.2) is 77.5 Å². The summed E-state index contributed by atoms with van der Waals surface area (Å²) in [4.78, 5) is 55.0. The van der Waals surface area contributed by atoms with Gasteiger partial charge in [-0.2, -0.15) is 4.98 Å². The average molecular weight is 511 g/mol. The molecule has 1 aliphatic rings. The molecule has 0 saturated carbocycles. The predicted octanol–water partition coefficient (Wildman–Crippen LogP) is 0.737. The number of esters is 3. The first kappa shape index (κ1) is 24.1. The minimum absolute atomic E-state index is 0.0782. The Morgan fingerprint density at radius 1 is 0.973 bits per heavy atom. The molecule has 4 heterocycles. The highest BCUT2D eigenvalue weighted by Gasteiger charge is 2.51. The van der Waals surface area contributed by atoms with Crippen molar-refractivity contribution in [3.63, 3.8) is 0 Å². The zero-order chi connectivity index (χ0) is 26.1. The van der Waals surface area contributed by atoms with Gasteiger partial charge in [0.2, 0.25) is 0 Å². The summed E-state index contributed by atoms with van der Waals surface area (Å²) in [5.74, 6) is -1.74. The molecule has 1 aromatic carbocycles. The van der Waals surface area contributed by atoms with Gasteiger partial charge in [0, 0.05) is 20.8 Å². The minimum atomic E-state index is -1.10. The van der Waals surface area contributed by atoms with Crippen LogP contribution in [0.25, 0.3) is 22.2 Å². The molecule has 0 N–H and O–H groups in total. The van der Waals surface area contributed by atoms with Gasteiger partial charge < -0.3 is 23.8 Å². The zero-order valence-electron chi connectivity index (χ0n) is 19.9. The second kappa shape index (κ2) is 9.77. The van der Waals surface area contributed by atoms with E-state index in [1.807, 2.05) is 12.1 Å². The van der Waals surface area contributed by atoms with Crippen molar-refractivity contribution >= 4 is 40.1 Å². The lowest BCUT2D eigenvalue weighted by Gasteiger charge is -2.23. The van der Waals surface area contributed by atoms with Crippen molar-refractivity contribution in [1.82, 2.24) is 34.7 Å². The molecule has 0 spiro atoms. The second-order valence-corrected chi connectivity index (χ2v) is 8.06. The summed E-state index contributed by atoms with van der Waals surface area (Å²) in [5.41, 5.74) is 1.75. The molecule has 0 bridgehead atoms. The monoisotopic (exact) mass is 511 g/mol. The minimum Gasteiger partial charge on any atom is -0.463 e. The number of aromatic nitrogens is 7. The first-order valence-electron chi connectivity index (χ1n) is 11.1. The van der Waals surface area contributed by atoms with Gasteiger partial charge >= 0.3 is 17.9 Å². The molecule has 3 aromatic heterocycles. The number of benzene rings is 1. The fourth-order valence-electron chi connectivity index (χ4n) is 4.00. The van der Waals surface area contributed by atoms with Crippen LogP contribution >= 0.6 is 0 Å². The number of imidazole rings is 1. The van der Waals surface area contributed by atoms with Crippen molar-refractivity contribution in [2.24, 2.45) is 0 Å². The Kier molecular flexibility index (Phi) is 6.35. The summed E-state index contributed by atoms with van der Waals surface area (Å²) < 4.78 is 23.5. The van der Waals surface area contributed by atoms with Gasteiger partial charge in [-0.3, -0.25) is 19.0 Å². The third kappa shape index (κ3) is 4.75. The Balaban J connectivity index is 1.51. The van der Waals surface area contributed by atoms with Crippen LogP contribution in [0.15, 0.2) is 36.9 Å². The Bertz CT molecular complexity index is 1480. The van der Waals surface area contributed by atoms with Crippen LogP contribution in [-0.2, 0) is 33.3 Å². The van der Waals surface area contributed by atoms with Crippen molar-refractivity contribution in [2.75, 3.05) is 6.61 Å². The molecule has 2 unspecified atom stereocenters. The highest BCUT2D eigenvalue weighted by atomic mass is 16.7. The number of carbonyl (C=O) groups excluding carboxylic acids is 3.